The van der Waals surface area contributed by atoms with E-state index in [1.54, 1.807) is 0 Å². The van der Waals surface area contributed by atoms with Crippen LogP contribution in [-0.2, 0) is 6.54 Å². The van der Waals surface area contributed by atoms with Crippen molar-refractivity contribution in [1.82, 2.24) is 9.80 Å². The van der Waals surface area contributed by atoms with Crippen LogP contribution in [0.1, 0.15) is 23.6 Å². The van der Waals surface area contributed by atoms with E-state index >= 15 is 0 Å². The smallest absolute Gasteiger partial charge is 0.0349 e. The summed E-state index contributed by atoms with van der Waals surface area (Å²) in [5, 5.41) is 0. The molecule has 1 saturated heterocycles. The maximum Gasteiger partial charge on any atom is 0.0349 e. The van der Waals surface area contributed by atoms with Gasteiger partial charge in [0.15, 0.2) is 0 Å². The maximum atomic E-state index is 5.80. The van der Waals surface area contributed by atoms with Crippen LogP contribution < -0.4 is 5.73 Å². The number of halogens is 1. The molecule has 0 spiro atoms. The van der Waals surface area contributed by atoms with Gasteiger partial charge in [-0.3, -0.25) is 4.90 Å². The molecule has 0 aliphatic carbocycles. The van der Waals surface area contributed by atoms with Crippen LogP contribution in [0.2, 0.25) is 0 Å². The molecule has 1 aliphatic rings. The van der Waals surface area contributed by atoms with Crippen molar-refractivity contribution >= 4 is 15.9 Å². The van der Waals surface area contributed by atoms with Crippen LogP contribution in [0.15, 0.2) is 22.7 Å². The van der Waals surface area contributed by atoms with E-state index in [2.05, 4.69) is 65.1 Å². The Morgan fingerprint density at radius 3 is 2.68 bits per heavy atom. The zero-order valence-corrected chi connectivity index (χ0v) is 13.7. The quantitative estimate of drug-likeness (QED) is 0.923. The van der Waals surface area contributed by atoms with Crippen LogP contribution in [-0.4, -0.2) is 44.0 Å². The number of benzene rings is 1. The summed E-state index contributed by atoms with van der Waals surface area (Å²) in [7, 11) is 6.38. The zero-order chi connectivity index (χ0) is 14.0. The highest BCUT2D eigenvalue weighted by Gasteiger charge is 2.29. The summed E-state index contributed by atoms with van der Waals surface area (Å²) in [6.45, 7) is 2.87. The van der Waals surface area contributed by atoms with Crippen molar-refractivity contribution in [1.29, 1.82) is 0 Å². The first-order valence-corrected chi connectivity index (χ1v) is 7.64. The third-order valence-corrected chi connectivity index (χ3v) is 4.65. The minimum atomic E-state index is 0.512. The average molecular weight is 326 g/mol. The summed E-state index contributed by atoms with van der Waals surface area (Å²) >= 11 is 3.70. The molecule has 0 radical (unpaired) electrons. The number of hydrogen-bond acceptors (Lipinski definition) is 3. The van der Waals surface area contributed by atoms with Crippen LogP contribution in [0.4, 0.5) is 0 Å². The highest BCUT2D eigenvalue weighted by molar-refractivity contribution is 9.10. The lowest BCUT2D eigenvalue weighted by Crippen LogP contribution is -2.20. The Balaban J connectivity index is 2.16. The van der Waals surface area contributed by atoms with Crippen molar-refractivity contribution in [3.63, 3.8) is 0 Å². The molecular formula is C15H24BrN3. The first kappa shape index (κ1) is 15.0. The summed E-state index contributed by atoms with van der Waals surface area (Å²) in [5.74, 6) is 0.634. The van der Waals surface area contributed by atoms with Gasteiger partial charge in [-0.05, 0) is 57.2 Å². The highest BCUT2D eigenvalue weighted by Crippen LogP contribution is 2.35. The molecular weight excluding hydrogens is 302 g/mol. The number of nitrogens with zero attached hydrogens (tertiary/aromatic N) is 2. The number of rotatable bonds is 4. The van der Waals surface area contributed by atoms with Crippen molar-refractivity contribution in [2.75, 3.05) is 34.2 Å². The predicted octanol–water partition coefficient (Wildman–Crippen LogP) is 2.46. The fourth-order valence-corrected chi connectivity index (χ4v) is 3.43. The molecule has 1 fully saturated rings. The monoisotopic (exact) mass is 325 g/mol. The van der Waals surface area contributed by atoms with Crippen LogP contribution in [0.25, 0.3) is 0 Å². The Hall–Kier alpha value is -0.420. The van der Waals surface area contributed by atoms with Gasteiger partial charge < -0.3 is 10.6 Å². The number of hydrogen-bond donors (Lipinski definition) is 1. The molecule has 2 rings (SSSR count). The molecule has 3 nitrogen and oxygen atoms in total. The SMILES string of the molecule is CN(C)Cc1ccc(C2CC(CN)CN2C)cc1Br. The van der Waals surface area contributed by atoms with Gasteiger partial charge >= 0.3 is 0 Å². The van der Waals surface area contributed by atoms with Gasteiger partial charge in [-0.2, -0.15) is 0 Å². The van der Waals surface area contributed by atoms with Crippen LogP contribution in [0, 0.1) is 5.92 Å². The topological polar surface area (TPSA) is 32.5 Å². The van der Waals surface area contributed by atoms with E-state index in [0.29, 0.717) is 12.0 Å². The molecule has 106 valence electrons. The van der Waals surface area contributed by atoms with Gasteiger partial charge in [0, 0.05) is 23.6 Å². The zero-order valence-electron chi connectivity index (χ0n) is 12.1. The van der Waals surface area contributed by atoms with Crippen LogP contribution in [0.3, 0.4) is 0 Å². The highest BCUT2D eigenvalue weighted by atomic mass is 79.9. The van der Waals surface area contributed by atoms with Gasteiger partial charge in [0.1, 0.15) is 0 Å². The third-order valence-electron chi connectivity index (χ3n) is 3.92. The summed E-state index contributed by atoms with van der Waals surface area (Å²) in [4.78, 5) is 4.61. The van der Waals surface area contributed by atoms with E-state index < -0.39 is 0 Å². The summed E-state index contributed by atoms with van der Waals surface area (Å²) in [5.41, 5.74) is 8.54. The molecule has 0 amide bonds. The average Bonchev–Trinajstić information content (AvgIpc) is 2.73. The van der Waals surface area contributed by atoms with E-state index in [4.69, 9.17) is 5.73 Å². The largest absolute Gasteiger partial charge is 0.330 e. The molecule has 2 unspecified atom stereocenters. The van der Waals surface area contributed by atoms with Crippen molar-refractivity contribution < 1.29 is 0 Å². The Bertz CT molecular complexity index is 433. The molecule has 1 aliphatic heterocycles. The fourth-order valence-electron chi connectivity index (χ4n) is 2.91. The lowest BCUT2D eigenvalue weighted by molar-refractivity contribution is 0.313. The van der Waals surface area contributed by atoms with Gasteiger partial charge in [0.2, 0.25) is 0 Å². The molecule has 4 heteroatoms. The van der Waals surface area contributed by atoms with Gasteiger partial charge in [-0.1, -0.05) is 28.1 Å². The second-order valence-corrected chi connectivity index (χ2v) is 6.74. The van der Waals surface area contributed by atoms with E-state index in [-0.39, 0.29) is 0 Å². The maximum absolute atomic E-state index is 5.80. The van der Waals surface area contributed by atoms with Crippen molar-refractivity contribution in [2.45, 2.75) is 19.0 Å². The number of likely N-dealkylation sites (tertiary alicyclic amines) is 1. The predicted molar refractivity (Wildman–Crippen MR) is 84.1 cm³/mol. The normalized spacial score (nSPS) is 24.3. The first-order chi connectivity index (χ1) is 9.01. The van der Waals surface area contributed by atoms with E-state index in [1.807, 2.05) is 0 Å². The second kappa shape index (κ2) is 6.35. The standard InChI is InChI=1S/C15H24BrN3/c1-18(2)10-13-5-4-12(7-14(13)16)15-6-11(8-17)9-19(15)3/h4-5,7,11,15H,6,8-10,17H2,1-3H3. The summed E-state index contributed by atoms with van der Waals surface area (Å²) < 4.78 is 1.21. The molecule has 0 aromatic heterocycles. The Morgan fingerprint density at radius 2 is 2.16 bits per heavy atom. The Kier molecular flexibility index (Phi) is 5.01. The van der Waals surface area contributed by atoms with Gasteiger partial charge in [-0.25, -0.2) is 0 Å². The first-order valence-electron chi connectivity index (χ1n) is 6.84. The molecule has 1 heterocycles. The molecule has 1 aromatic carbocycles. The van der Waals surface area contributed by atoms with E-state index in [1.165, 1.54) is 22.0 Å². The summed E-state index contributed by atoms with van der Waals surface area (Å²) in [6.07, 6.45) is 1.17. The van der Waals surface area contributed by atoms with Gasteiger partial charge in [0.25, 0.3) is 0 Å². The van der Waals surface area contributed by atoms with Crippen molar-refractivity contribution in [3.05, 3.63) is 33.8 Å². The number of nitrogens with two attached hydrogens (primary N) is 1. The molecule has 0 saturated carbocycles. The minimum Gasteiger partial charge on any atom is -0.330 e. The molecule has 2 N–H and O–H groups in total. The van der Waals surface area contributed by atoms with Crippen molar-refractivity contribution in [3.8, 4) is 0 Å². The fraction of sp³-hybridized carbons (Fsp3) is 0.600. The molecule has 1 aromatic rings. The summed E-state index contributed by atoms with van der Waals surface area (Å²) in [6, 6.07) is 7.30. The van der Waals surface area contributed by atoms with Gasteiger partial charge in [-0.15, -0.1) is 0 Å². The molecule has 2 atom stereocenters. The minimum absolute atomic E-state index is 0.512. The second-order valence-electron chi connectivity index (χ2n) is 5.88. The van der Waals surface area contributed by atoms with Crippen LogP contribution >= 0.6 is 15.9 Å². The van der Waals surface area contributed by atoms with Crippen molar-refractivity contribution in [2.24, 2.45) is 11.7 Å². The Morgan fingerprint density at radius 1 is 1.42 bits per heavy atom. The van der Waals surface area contributed by atoms with E-state index in [0.717, 1.165) is 19.6 Å². The molecule has 19 heavy (non-hydrogen) atoms. The lowest BCUT2D eigenvalue weighted by Gasteiger charge is -2.21. The van der Waals surface area contributed by atoms with Gasteiger partial charge in [0.05, 0.1) is 0 Å². The lowest BCUT2D eigenvalue weighted by atomic mass is 9.99. The molecule has 0 bridgehead atoms. The van der Waals surface area contributed by atoms with Crippen LogP contribution in [0.5, 0.6) is 0 Å². The van der Waals surface area contributed by atoms with E-state index in [9.17, 15) is 0 Å². The Labute approximate surface area is 124 Å². The third kappa shape index (κ3) is 3.57.